The number of halogens is 4. The highest BCUT2D eigenvalue weighted by molar-refractivity contribution is 9.10. The molecule has 0 amide bonds. The maximum atomic E-state index is 6.01. The summed E-state index contributed by atoms with van der Waals surface area (Å²) in [4.78, 5) is 0. The van der Waals surface area contributed by atoms with Crippen LogP contribution in [-0.4, -0.2) is 0 Å². The fourth-order valence-electron chi connectivity index (χ4n) is 1.58. The van der Waals surface area contributed by atoms with Gasteiger partial charge >= 0.3 is 0 Å². The summed E-state index contributed by atoms with van der Waals surface area (Å²) in [5.41, 5.74) is 0. The quantitative estimate of drug-likeness (QED) is 0.426. The van der Waals surface area contributed by atoms with E-state index < -0.39 is 0 Å². The van der Waals surface area contributed by atoms with E-state index >= 15 is 0 Å². The largest absolute Gasteiger partial charge is 0.449 e. The predicted octanol–water partition coefficient (Wildman–Crippen LogP) is 6.42. The van der Waals surface area contributed by atoms with Crippen molar-refractivity contribution >= 4 is 55.1 Å². The van der Waals surface area contributed by atoms with Crippen LogP contribution in [0.1, 0.15) is 0 Å². The first-order valence-electron chi connectivity index (χ1n) is 4.88. The van der Waals surface area contributed by atoms with Gasteiger partial charge in [0.1, 0.15) is 0 Å². The first-order chi connectivity index (χ1) is 8.54. The normalized spacial score (nSPS) is 12.2. The molecule has 0 fully saturated rings. The summed E-state index contributed by atoms with van der Waals surface area (Å²) < 4.78 is 13.0. The van der Waals surface area contributed by atoms with Crippen LogP contribution in [0, 0.1) is 0 Å². The maximum absolute atomic E-state index is 6.01. The molecule has 0 bridgehead atoms. The molecule has 2 aromatic rings. The standard InChI is InChI=1S/C12H4Br2Cl2O2/c13-5-1-9-11(3-7(5)15)18-12-4-8(16)6(14)2-10(12)17-9/h1-4H. The molecule has 18 heavy (non-hydrogen) atoms. The van der Waals surface area contributed by atoms with Crippen molar-refractivity contribution in [2.75, 3.05) is 0 Å². The summed E-state index contributed by atoms with van der Waals surface area (Å²) in [6.07, 6.45) is 0. The van der Waals surface area contributed by atoms with Gasteiger partial charge < -0.3 is 9.47 Å². The Morgan fingerprint density at radius 2 is 1.00 bits per heavy atom. The number of hydrogen-bond acceptors (Lipinski definition) is 2. The monoisotopic (exact) mass is 408 g/mol. The molecule has 6 heteroatoms. The molecule has 1 aliphatic rings. The van der Waals surface area contributed by atoms with Gasteiger partial charge in [0.15, 0.2) is 23.0 Å². The van der Waals surface area contributed by atoms with Gasteiger partial charge in [0.05, 0.1) is 10.0 Å². The van der Waals surface area contributed by atoms with Crippen molar-refractivity contribution in [2.24, 2.45) is 0 Å². The van der Waals surface area contributed by atoms with Crippen LogP contribution in [0.5, 0.6) is 23.0 Å². The SMILES string of the molecule is Clc1cc2c(cc1Br)Oc1cc(Br)c(Cl)cc1O2. The van der Waals surface area contributed by atoms with Gasteiger partial charge in [-0.1, -0.05) is 23.2 Å². The van der Waals surface area contributed by atoms with Crippen LogP contribution in [0.4, 0.5) is 0 Å². The van der Waals surface area contributed by atoms with Gasteiger partial charge in [-0.15, -0.1) is 0 Å². The molecule has 0 radical (unpaired) electrons. The first-order valence-corrected chi connectivity index (χ1v) is 7.22. The third-order valence-electron chi connectivity index (χ3n) is 2.41. The fourth-order valence-corrected chi connectivity index (χ4v) is 2.53. The zero-order chi connectivity index (χ0) is 12.9. The van der Waals surface area contributed by atoms with Crippen LogP contribution in [-0.2, 0) is 0 Å². The highest BCUT2D eigenvalue weighted by atomic mass is 79.9. The van der Waals surface area contributed by atoms with Gasteiger partial charge in [0.2, 0.25) is 0 Å². The molecule has 0 N–H and O–H groups in total. The minimum absolute atomic E-state index is 0.559. The topological polar surface area (TPSA) is 18.5 Å². The molecule has 0 unspecified atom stereocenters. The Bertz CT molecular complexity index is 548. The average Bonchev–Trinajstić information content (AvgIpc) is 2.31. The third kappa shape index (κ3) is 2.11. The third-order valence-corrected chi connectivity index (χ3v) is 4.81. The summed E-state index contributed by atoms with van der Waals surface area (Å²) in [6.45, 7) is 0. The number of ether oxygens (including phenoxy) is 2. The van der Waals surface area contributed by atoms with Crippen LogP contribution in [0.15, 0.2) is 33.2 Å². The van der Waals surface area contributed by atoms with Crippen LogP contribution < -0.4 is 9.47 Å². The fraction of sp³-hybridized carbons (Fsp3) is 0. The Balaban J connectivity index is 2.12. The number of rotatable bonds is 0. The predicted molar refractivity (Wildman–Crippen MR) is 78.5 cm³/mol. The zero-order valence-electron chi connectivity index (χ0n) is 8.64. The highest BCUT2D eigenvalue weighted by Gasteiger charge is 2.21. The molecule has 0 aromatic heterocycles. The van der Waals surface area contributed by atoms with Gasteiger partial charge in [0, 0.05) is 33.2 Å². The van der Waals surface area contributed by atoms with Crippen molar-refractivity contribution in [1.29, 1.82) is 0 Å². The summed E-state index contributed by atoms with van der Waals surface area (Å²) in [5.74, 6) is 2.34. The van der Waals surface area contributed by atoms with Gasteiger partial charge in [-0.05, 0) is 31.9 Å². The second-order valence-corrected chi connectivity index (χ2v) is 6.15. The van der Waals surface area contributed by atoms with Crippen molar-refractivity contribution in [1.82, 2.24) is 0 Å². The van der Waals surface area contributed by atoms with Crippen LogP contribution in [0.25, 0.3) is 0 Å². The first kappa shape index (κ1) is 12.6. The molecule has 1 heterocycles. The van der Waals surface area contributed by atoms with Gasteiger partial charge in [-0.25, -0.2) is 0 Å². The summed E-state index contributed by atoms with van der Waals surface area (Å²) in [5, 5.41) is 1.12. The van der Waals surface area contributed by atoms with Crippen LogP contribution >= 0.6 is 55.1 Å². The van der Waals surface area contributed by atoms with Crippen LogP contribution in [0.3, 0.4) is 0 Å². The van der Waals surface area contributed by atoms with Gasteiger partial charge in [-0.2, -0.15) is 0 Å². The molecule has 3 rings (SSSR count). The Labute approximate surface area is 130 Å². The lowest BCUT2D eigenvalue weighted by Crippen LogP contribution is -1.99. The lowest BCUT2D eigenvalue weighted by molar-refractivity contribution is 0.359. The molecule has 2 nitrogen and oxygen atoms in total. The van der Waals surface area contributed by atoms with Gasteiger partial charge in [-0.3, -0.25) is 0 Å². The Morgan fingerprint density at radius 3 is 1.39 bits per heavy atom. The van der Waals surface area contributed by atoms with Crippen molar-refractivity contribution < 1.29 is 9.47 Å². The van der Waals surface area contributed by atoms with E-state index in [9.17, 15) is 0 Å². The molecular weight excluding hydrogens is 407 g/mol. The molecule has 0 atom stereocenters. The van der Waals surface area contributed by atoms with Crippen molar-refractivity contribution in [3.05, 3.63) is 43.3 Å². The second kappa shape index (κ2) is 4.60. The van der Waals surface area contributed by atoms with E-state index in [1.807, 2.05) is 0 Å². The second-order valence-electron chi connectivity index (χ2n) is 3.63. The molecule has 2 aromatic carbocycles. The number of benzene rings is 2. The lowest BCUT2D eigenvalue weighted by atomic mass is 10.2. The summed E-state index contributed by atoms with van der Waals surface area (Å²) >= 11 is 18.7. The molecule has 0 spiro atoms. The Hall–Kier alpha value is -0.420. The minimum atomic E-state index is 0.559. The van der Waals surface area contributed by atoms with E-state index in [0.717, 1.165) is 8.95 Å². The Morgan fingerprint density at radius 1 is 0.667 bits per heavy atom. The lowest BCUT2D eigenvalue weighted by Gasteiger charge is -2.21. The average molecular weight is 411 g/mol. The molecule has 0 aliphatic carbocycles. The summed E-state index contributed by atoms with van der Waals surface area (Å²) in [7, 11) is 0. The Kier molecular flexibility index (Phi) is 3.22. The number of hydrogen-bond donors (Lipinski definition) is 0. The van der Waals surface area contributed by atoms with E-state index in [-0.39, 0.29) is 0 Å². The van der Waals surface area contributed by atoms with E-state index in [4.69, 9.17) is 32.7 Å². The van der Waals surface area contributed by atoms with Crippen LogP contribution in [0.2, 0.25) is 10.0 Å². The van der Waals surface area contributed by atoms with Crippen molar-refractivity contribution in [3.8, 4) is 23.0 Å². The molecule has 92 valence electrons. The molecule has 0 saturated heterocycles. The minimum Gasteiger partial charge on any atom is -0.449 e. The molecular formula is C12H4Br2Cl2O2. The van der Waals surface area contributed by atoms with E-state index in [1.165, 1.54) is 0 Å². The van der Waals surface area contributed by atoms with E-state index in [2.05, 4.69) is 31.9 Å². The van der Waals surface area contributed by atoms with E-state index in [1.54, 1.807) is 24.3 Å². The van der Waals surface area contributed by atoms with Crippen molar-refractivity contribution in [3.63, 3.8) is 0 Å². The zero-order valence-corrected chi connectivity index (χ0v) is 13.3. The highest BCUT2D eigenvalue weighted by Crippen LogP contribution is 2.49. The summed E-state index contributed by atoms with van der Waals surface area (Å²) in [6, 6.07) is 6.92. The smallest absolute Gasteiger partial charge is 0.171 e. The molecule has 1 aliphatic heterocycles. The maximum Gasteiger partial charge on any atom is 0.171 e. The van der Waals surface area contributed by atoms with E-state index in [0.29, 0.717) is 33.0 Å². The molecule has 0 saturated carbocycles. The van der Waals surface area contributed by atoms with Crippen molar-refractivity contribution in [2.45, 2.75) is 0 Å². The van der Waals surface area contributed by atoms with Gasteiger partial charge in [0.25, 0.3) is 0 Å². The number of fused-ring (bicyclic) bond motifs is 2.